The van der Waals surface area contributed by atoms with E-state index >= 15 is 0 Å². The lowest BCUT2D eigenvalue weighted by atomic mass is 9.97. The smallest absolute Gasteiger partial charge is 0.323 e. The number of carbonyl (C=O) groups is 1. The van der Waals surface area contributed by atoms with Gasteiger partial charge in [-0.2, -0.15) is 0 Å². The highest BCUT2D eigenvalue weighted by Gasteiger charge is 2.35. The zero-order valence-electron chi connectivity index (χ0n) is 12.9. The molecule has 0 bridgehead atoms. The molecule has 0 radical (unpaired) electrons. The highest BCUT2D eigenvalue weighted by Crippen LogP contribution is 2.27. The average Bonchev–Trinajstić information content (AvgIpc) is 2.74. The van der Waals surface area contributed by atoms with E-state index in [0.29, 0.717) is 18.5 Å². The maximum atomic E-state index is 11.5. The molecule has 3 atom stereocenters. The van der Waals surface area contributed by atoms with Gasteiger partial charge < -0.3 is 10.4 Å². The quantitative estimate of drug-likeness (QED) is 0.711. The van der Waals surface area contributed by atoms with E-state index in [0.717, 1.165) is 25.9 Å². The van der Waals surface area contributed by atoms with Crippen LogP contribution in [0.3, 0.4) is 0 Å². The van der Waals surface area contributed by atoms with Crippen molar-refractivity contribution >= 4 is 5.97 Å². The SMILES string of the molecule is CCCNC(C)(CCN1C(C)CCC1CC)C(=O)O. The van der Waals surface area contributed by atoms with Gasteiger partial charge in [-0.05, 0) is 52.5 Å². The number of likely N-dealkylation sites (tertiary alicyclic amines) is 1. The molecule has 1 aliphatic heterocycles. The molecular formula is C15H30N2O2. The van der Waals surface area contributed by atoms with E-state index < -0.39 is 11.5 Å². The van der Waals surface area contributed by atoms with E-state index in [4.69, 9.17) is 0 Å². The number of hydrogen-bond donors (Lipinski definition) is 2. The summed E-state index contributed by atoms with van der Waals surface area (Å²) in [5.74, 6) is -0.735. The molecule has 0 spiro atoms. The van der Waals surface area contributed by atoms with Crippen LogP contribution in [0, 0.1) is 0 Å². The summed E-state index contributed by atoms with van der Waals surface area (Å²) in [7, 11) is 0. The molecule has 0 saturated carbocycles. The topological polar surface area (TPSA) is 52.6 Å². The second-order valence-corrected chi connectivity index (χ2v) is 6.04. The molecule has 0 amide bonds. The summed E-state index contributed by atoms with van der Waals surface area (Å²) in [5.41, 5.74) is -0.795. The van der Waals surface area contributed by atoms with Gasteiger partial charge in [0.2, 0.25) is 0 Å². The number of carboxylic acid groups (broad SMARTS) is 1. The van der Waals surface area contributed by atoms with Crippen molar-refractivity contribution in [2.75, 3.05) is 13.1 Å². The van der Waals surface area contributed by atoms with Crippen molar-refractivity contribution < 1.29 is 9.90 Å². The van der Waals surface area contributed by atoms with E-state index in [1.54, 1.807) is 0 Å². The Morgan fingerprint density at radius 3 is 2.63 bits per heavy atom. The van der Waals surface area contributed by atoms with Crippen LogP contribution >= 0.6 is 0 Å². The summed E-state index contributed by atoms with van der Waals surface area (Å²) < 4.78 is 0. The fourth-order valence-electron chi connectivity index (χ4n) is 2.99. The van der Waals surface area contributed by atoms with Crippen molar-refractivity contribution in [1.82, 2.24) is 10.2 Å². The largest absolute Gasteiger partial charge is 0.480 e. The van der Waals surface area contributed by atoms with Crippen LogP contribution < -0.4 is 5.32 Å². The van der Waals surface area contributed by atoms with Gasteiger partial charge >= 0.3 is 5.97 Å². The number of nitrogens with zero attached hydrogens (tertiary/aromatic N) is 1. The number of rotatable bonds is 8. The third-order valence-electron chi connectivity index (χ3n) is 4.53. The van der Waals surface area contributed by atoms with Crippen LogP contribution in [0.25, 0.3) is 0 Å². The number of nitrogens with one attached hydrogen (secondary N) is 1. The summed E-state index contributed by atoms with van der Waals surface area (Å²) in [5, 5.41) is 12.6. The molecule has 1 aliphatic rings. The molecule has 0 aromatic heterocycles. The summed E-state index contributed by atoms with van der Waals surface area (Å²) in [6.45, 7) is 9.99. The Morgan fingerprint density at radius 2 is 2.11 bits per heavy atom. The predicted molar refractivity (Wildman–Crippen MR) is 78.4 cm³/mol. The first-order valence-electron chi connectivity index (χ1n) is 7.68. The minimum Gasteiger partial charge on any atom is -0.480 e. The molecule has 0 aromatic carbocycles. The minimum atomic E-state index is -0.795. The van der Waals surface area contributed by atoms with E-state index in [2.05, 4.69) is 31.0 Å². The molecule has 4 heteroatoms. The van der Waals surface area contributed by atoms with Crippen molar-refractivity contribution in [2.24, 2.45) is 0 Å². The van der Waals surface area contributed by atoms with Crippen LogP contribution in [0.1, 0.15) is 59.8 Å². The summed E-state index contributed by atoms with van der Waals surface area (Å²) in [6, 6.07) is 1.23. The third kappa shape index (κ3) is 4.18. The Kier molecular flexibility index (Phi) is 6.27. The second-order valence-electron chi connectivity index (χ2n) is 6.04. The Bertz CT molecular complexity index is 296. The average molecular weight is 270 g/mol. The summed E-state index contributed by atoms with van der Waals surface area (Å²) in [4.78, 5) is 14.0. The van der Waals surface area contributed by atoms with Crippen LogP contribution in [0.15, 0.2) is 0 Å². The molecule has 3 unspecified atom stereocenters. The maximum absolute atomic E-state index is 11.5. The van der Waals surface area contributed by atoms with Gasteiger partial charge in [0.25, 0.3) is 0 Å². The van der Waals surface area contributed by atoms with Gasteiger partial charge in [-0.1, -0.05) is 13.8 Å². The van der Waals surface area contributed by atoms with Crippen molar-refractivity contribution in [3.05, 3.63) is 0 Å². The van der Waals surface area contributed by atoms with Crippen LogP contribution in [0.2, 0.25) is 0 Å². The van der Waals surface area contributed by atoms with Gasteiger partial charge in [0.1, 0.15) is 5.54 Å². The molecule has 1 rings (SSSR count). The van der Waals surface area contributed by atoms with Gasteiger partial charge in [-0.25, -0.2) is 0 Å². The van der Waals surface area contributed by atoms with Crippen molar-refractivity contribution in [1.29, 1.82) is 0 Å². The van der Waals surface area contributed by atoms with E-state index in [-0.39, 0.29) is 0 Å². The first-order chi connectivity index (χ1) is 8.94. The molecule has 2 N–H and O–H groups in total. The molecule has 19 heavy (non-hydrogen) atoms. The molecule has 112 valence electrons. The highest BCUT2D eigenvalue weighted by atomic mass is 16.4. The summed E-state index contributed by atoms with van der Waals surface area (Å²) in [6.07, 6.45) is 5.29. The van der Waals surface area contributed by atoms with Crippen LogP contribution in [-0.4, -0.2) is 46.7 Å². The number of aliphatic carboxylic acids is 1. The van der Waals surface area contributed by atoms with Gasteiger partial charge in [-0.3, -0.25) is 9.69 Å². The van der Waals surface area contributed by atoms with Crippen LogP contribution in [0.5, 0.6) is 0 Å². The molecule has 1 saturated heterocycles. The molecule has 1 heterocycles. The second kappa shape index (κ2) is 7.25. The zero-order chi connectivity index (χ0) is 14.5. The van der Waals surface area contributed by atoms with Gasteiger partial charge in [0.05, 0.1) is 0 Å². The third-order valence-corrected chi connectivity index (χ3v) is 4.53. The fourth-order valence-corrected chi connectivity index (χ4v) is 2.99. The van der Waals surface area contributed by atoms with Crippen molar-refractivity contribution in [3.8, 4) is 0 Å². The lowest BCUT2D eigenvalue weighted by molar-refractivity contribution is -0.144. The monoisotopic (exact) mass is 270 g/mol. The molecule has 1 fully saturated rings. The Hall–Kier alpha value is -0.610. The van der Waals surface area contributed by atoms with Gasteiger partial charge in [-0.15, -0.1) is 0 Å². The Morgan fingerprint density at radius 1 is 1.42 bits per heavy atom. The van der Waals surface area contributed by atoms with Crippen molar-refractivity contribution in [2.45, 2.75) is 77.4 Å². The lowest BCUT2D eigenvalue weighted by Gasteiger charge is -2.33. The van der Waals surface area contributed by atoms with Gasteiger partial charge in [0, 0.05) is 18.6 Å². The standard InChI is InChI=1S/C15H30N2O2/c1-5-10-16-15(4,14(18)19)9-11-17-12(3)7-8-13(17)6-2/h12-13,16H,5-11H2,1-4H3,(H,18,19). The van der Waals surface area contributed by atoms with Crippen LogP contribution in [-0.2, 0) is 4.79 Å². The molecule has 0 aromatic rings. The first kappa shape index (κ1) is 16.4. The summed E-state index contributed by atoms with van der Waals surface area (Å²) >= 11 is 0. The number of carboxylic acids is 1. The molecular weight excluding hydrogens is 240 g/mol. The highest BCUT2D eigenvalue weighted by molar-refractivity contribution is 5.78. The lowest BCUT2D eigenvalue weighted by Crippen LogP contribution is -2.52. The first-order valence-corrected chi connectivity index (χ1v) is 7.68. The van der Waals surface area contributed by atoms with E-state index in [1.807, 2.05) is 6.92 Å². The van der Waals surface area contributed by atoms with E-state index in [9.17, 15) is 9.90 Å². The fraction of sp³-hybridized carbons (Fsp3) is 0.933. The van der Waals surface area contributed by atoms with Crippen LogP contribution in [0.4, 0.5) is 0 Å². The Balaban J connectivity index is 2.58. The normalized spacial score (nSPS) is 27.4. The van der Waals surface area contributed by atoms with E-state index in [1.165, 1.54) is 12.8 Å². The maximum Gasteiger partial charge on any atom is 0.323 e. The molecule has 4 nitrogen and oxygen atoms in total. The van der Waals surface area contributed by atoms with Gasteiger partial charge in [0.15, 0.2) is 0 Å². The predicted octanol–water partition coefficient (Wildman–Crippen LogP) is 2.48. The Labute approximate surface area is 117 Å². The minimum absolute atomic E-state index is 0.592. The molecule has 0 aliphatic carbocycles. The zero-order valence-corrected chi connectivity index (χ0v) is 12.9. The van der Waals surface area contributed by atoms with Crippen molar-refractivity contribution in [3.63, 3.8) is 0 Å². The number of hydrogen-bond acceptors (Lipinski definition) is 3.